The second-order valence-corrected chi connectivity index (χ2v) is 12.2. The third kappa shape index (κ3) is 2.16. The fraction of sp³-hybridized carbons (Fsp3) is 0.556. The van der Waals surface area contributed by atoms with Crippen LogP contribution in [-0.4, -0.2) is 45.2 Å². The number of aromatic amines is 1. The molecule has 1 aromatic carbocycles. The SMILES string of the molecule is CC(C)=CCc1c2c(cc3[nH]c(=O)oc13)C1(CC34NC(=O)C5(CCCN5C3=O)CC4C1(C)C)C(=O)N2. The number of fused-ring (bicyclic) bond motifs is 4. The van der Waals surface area contributed by atoms with Crippen LogP contribution in [0.5, 0.6) is 0 Å². The lowest BCUT2D eigenvalue weighted by molar-refractivity contribution is -0.175. The Morgan fingerprint density at radius 1 is 1.19 bits per heavy atom. The molecule has 4 atom stereocenters. The van der Waals surface area contributed by atoms with Crippen molar-refractivity contribution in [3.8, 4) is 0 Å². The first-order valence-electron chi connectivity index (χ1n) is 12.8. The quantitative estimate of drug-likeness (QED) is 0.558. The van der Waals surface area contributed by atoms with Gasteiger partial charge in [0.15, 0.2) is 5.58 Å². The topological polar surface area (TPSA) is 125 Å². The molecule has 3 amide bonds. The van der Waals surface area contributed by atoms with E-state index in [2.05, 4.69) is 29.5 Å². The zero-order valence-electron chi connectivity index (χ0n) is 21.0. The number of nitrogens with zero attached hydrogens (tertiary/aromatic N) is 1. The van der Waals surface area contributed by atoms with Crippen LogP contribution in [-0.2, 0) is 26.2 Å². The maximum Gasteiger partial charge on any atom is 0.417 e. The van der Waals surface area contributed by atoms with Crippen molar-refractivity contribution < 1.29 is 18.8 Å². The molecule has 1 aromatic heterocycles. The first kappa shape index (κ1) is 21.9. The highest BCUT2D eigenvalue weighted by atomic mass is 16.4. The van der Waals surface area contributed by atoms with E-state index in [0.29, 0.717) is 42.6 Å². The first-order valence-corrected chi connectivity index (χ1v) is 12.8. The van der Waals surface area contributed by atoms with Gasteiger partial charge in [-0.1, -0.05) is 25.5 Å². The summed E-state index contributed by atoms with van der Waals surface area (Å²) in [6.45, 7) is 8.70. The lowest BCUT2D eigenvalue weighted by Crippen LogP contribution is -2.81. The molecule has 1 saturated carbocycles. The number of H-pyrrole nitrogens is 1. The summed E-state index contributed by atoms with van der Waals surface area (Å²) in [7, 11) is 0. The van der Waals surface area contributed by atoms with Crippen LogP contribution >= 0.6 is 0 Å². The number of benzene rings is 1. The first-order chi connectivity index (χ1) is 17.0. The van der Waals surface area contributed by atoms with E-state index in [0.717, 1.165) is 23.1 Å². The molecule has 1 aliphatic carbocycles. The molecule has 9 heteroatoms. The van der Waals surface area contributed by atoms with Gasteiger partial charge in [-0.15, -0.1) is 0 Å². The summed E-state index contributed by atoms with van der Waals surface area (Å²) in [6, 6.07) is 1.84. The molecule has 36 heavy (non-hydrogen) atoms. The normalized spacial score (nSPS) is 35.2. The van der Waals surface area contributed by atoms with Crippen molar-refractivity contribution in [2.45, 2.75) is 76.3 Å². The molecule has 2 bridgehead atoms. The molecule has 3 spiro atoms. The lowest BCUT2D eigenvalue weighted by Gasteiger charge is -2.59. The Bertz CT molecular complexity index is 1510. The molecule has 2 aromatic rings. The van der Waals surface area contributed by atoms with Gasteiger partial charge in [0.2, 0.25) is 17.7 Å². The van der Waals surface area contributed by atoms with Crippen LogP contribution in [0.15, 0.2) is 26.9 Å². The van der Waals surface area contributed by atoms with Crippen LogP contribution in [0, 0.1) is 11.3 Å². The van der Waals surface area contributed by atoms with Gasteiger partial charge in [0, 0.05) is 18.0 Å². The number of nitrogens with one attached hydrogen (secondary N) is 3. The summed E-state index contributed by atoms with van der Waals surface area (Å²) in [6.07, 6.45) is 4.76. The van der Waals surface area contributed by atoms with Crippen molar-refractivity contribution in [2.24, 2.45) is 11.3 Å². The Labute approximate surface area is 207 Å². The molecule has 4 unspecified atom stereocenters. The number of carbonyl (C=O) groups excluding carboxylic acids is 3. The summed E-state index contributed by atoms with van der Waals surface area (Å²) in [5.41, 5.74) is 0.626. The minimum atomic E-state index is -1.12. The fourth-order valence-electron chi connectivity index (χ4n) is 8.43. The molecule has 5 aliphatic heterocycles. The Hall–Kier alpha value is -3.36. The van der Waals surface area contributed by atoms with Crippen molar-refractivity contribution in [3.63, 3.8) is 0 Å². The van der Waals surface area contributed by atoms with Gasteiger partial charge in [-0.05, 0) is 63.0 Å². The number of hydrogen-bond acceptors (Lipinski definition) is 5. The standard InChI is InChI=1S/C27H30N4O5/c1-13(2)6-7-14-18-15(10-16-19(14)36-23(35)28-16)26(21(33)29-18)12-27-17(24(26,3)4)11-25(20(32)30-27)8-5-9-31(25)22(27)34/h6,10,17H,5,7-9,11-12H2,1-4H3,(H,28,35)(H,29,33)(H,30,32). The monoisotopic (exact) mass is 490 g/mol. The third-order valence-corrected chi connectivity index (χ3v) is 10.1. The van der Waals surface area contributed by atoms with Gasteiger partial charge in [0.1, 0.15) is 11.1 Å². The minimum Gasteiger partial charge on any atom is -0.407 e. The van der Waals surface area contributed by atoms with E-state index in [9.17, 15) is 19.2 Å². The van der Waals surface area contributed by atoms with Gasteiger partial charge in [-0.2, -0.15) is 0 Å². The van der Waals surface area contributed by atoms with Crippen molar-refractivity contribution in [1.82, 2.24) is 15.2 Å². The number of piperidine rings is 2. The average Bonchev–Trinajstić information content (AvgIpc) is 3.51. The molecular formula is C27H30N4O5. The van der Waals surface area contributed by atoms with Gasteiger partial charge >= 0.3 is 5.76 Å². The van der Waals surface area contributed by atoms with Crippen LogP contribution in [0.4, 0.5) is 5.69 Å². The number of allylic oxidation sites excluding steroid dienone is 2. The number of carbonyl (C=O) groups is 3. The largest absolute Gasteiger partial charge is 0.417 e. The van der Waals surface area contributed by atoms with Crippen LogP contribution in [0.1, 0.15) is 64.5 Å². The van der Waals surface area contributed by atoms with Crippen molar-refractivity contribution in [2.75, 3.05) is 11.9 Å². The highest BCUT2D eigenvalue weighted by Crippen LogP contribution is 2.70. The predicted octanol–water partition coefficient (Wildman–Crippen LogP) is 2.50. The lowest BCUT2D eigenvalue weighted by atomic mass is 9.57. The summed E-state index contributed by atoms with van der Waals surface area (Å²) in [5, 5.41) is 6.30. The van der Waals surface area contributed by atoms with E-state index in [1.165, 1.54) is 0 Å². The fourth-order valence-corrected chi connectivity index (χ4v) is 8.43. The maximum atomic E-state index is 14.1. The maximum absolute atomic E-state index is 14.1. The summed E-state index contributed by atoms with van der Waals surface area (Å²) in [5.74, 6) is -1.04. The molecule has 0 radical (unpaired) electrons. The van der Waals surface area contributed by atoms with Gasteiger partial charge in [-0.25, -0.2) is 4.79 Å². The van der Waals surface area contributed by atoms with Crippen molar-refractivity contribution in [3.05, 3.63) is 39.4 Å². The van der Waals surface area contributed by atoms with Crippen molar-refractivity contribution in [1.29, 1.82) is 0 Å². The van der Waals surface area contributed by atoms with E-state index in [1.54, 1.807) is 4.90 Å². The third-order valence-electron chi connectivity index (χ3n) is 10.1. The number of piperazine rings is 1. The number of aromatic nitrogens is 1. The Morgan fingerprint density at radius 3 is 2.72 bits per heavy atom. The summed E-state index contributed by atoms with van der Waals surface area (Å²) < 4.78 is 5.51. The zero-order chi connectivity index (χ0) is 25.4. The second-order valence-electron chi connectivity index (χ2n) is 12.2. The molecule has 6 aliphatic rings. The van der Waals surface area contributed by atoms with Gasteiger partial charge in [-0.3, -0.25) is 19.4 Å². The Balaban J connectivity index is 1.48. The van der Waals surface area contributed by atoms with Gasteiger partial charge < -0.3 is 20.0 Å². The van der Waals surface area contributed by atoms with Crippen molar-refractivity contribution >= 4 is 34.5 Å². The molecule has 8 rings (SSSR count). The molecule has 5 fully saturated rings. The smallest absolute Gasteiger partial charge is 0.407 e. The number of hydrogen-bond donors (Lipinski definition) is 3. The summed E-state index contributed by atoms with van der Waals surface area (Å²) in [4.78, 5) is 58.3. The molecule has 9 nitrogen and oxygen atoms in total. The van der Waals surface area contributed by atoms with Gasteiger partial charge in [0.05, 0.1) is 16.6 Å². The van der Waals surface area contributed by atoms with Crippen LogP contribution < -0.4 is 16.4 Å². The van der Waals surface area contributed by atoms with Crippen LogP contribution in [0.3, 0.4) is 0 Å². The van der Waals surface area contributed by atoms with E-state index in [4.69, 9.17) is 4.42 Å². The Morgan fingerprint density at radius 2 is 1.97 bits per heavy atom. The van der Waals surface area contributed by atoms with E-state index < -0.39 is 27.7 Å². The predicted molar refractivity (Wildman–Crippen MR) is 131 cm³/mol. The summed E-state index contributed by atoms with van der Waals surface area (Å²) >= 11 is 0. The van der Waals surface area contributed by atoms with Gasteiger partial charge in [0.25, 0.3) is 0 Å². The molecule has 6 heterocycles. The molecule has 3 N–H and O–H groups in total. The van der Waals surface area contributed by atoms with E-state index >= 15 is 0 Å². The second kappa shape index (κ2) is 6.30. The average molecular weight is 491 g/mol. The molecule has 4 saturated heterocycles. The minimum absolute atomic E-state index is 0.0513. The Kier molecular flexibility index (Phi) is 3.83. The van der Waals surface area contributed by atoms with E-state index in [-0.39, 0.29) is 30.1 Å². The van der Waals surface area contributed by atoms with Crippen LogP contribution in [0.2, 0.25) is 0 Å². The number of oxazole rings is 1. The number of amides is 3. The number of rotatable bonds is 2. The highest BCUT2D eigenvalue weighted by molar-refractivity contribution is 6.13. The highest BCUT2D eigenvalue weighted by Gasteiger charge is 2.80. The molecule has 188 valence electrons. The van der Waals surface area contributed by atoms with Crippen LogP contribution in [0.25, 0.3) is 11.1 Å². The van der Waals surface area contributed by atoms with E-state index in [1.807, 2.05) is 26.0 Å². The molecular weight excluding hydrogens is 460 g/mol. The number of anilines is 1. The zero-order valence-corrected chi connectivity index (χ0v) is 21.0.